The second kappa shape index (κ2) is 7.67. The molecule has 2 aromatic heterocycles. The molecule has 0 radical (unpaired) electrons. The number of hydrogen-bond acceptors (Lipinski definition) is 4. The lowest BCUT2D eigenvalue weighted by molar-refractivity contribution is 0.171. The second-order valence-corrected chi connectivity index (χ2v) is 9.21. The molecule has 2 aromatic rings. The van der Waals surface area contributed by atoms with Crippen LogP contribution in [-0.2, 0) is 18.2 Å². The zero-order valence-electron chi connectivity index (χ0n) is 15.4. The van der Waals surface area contributed by atoms with Gasteiger partial charge in [0.15, 0.2) is 4.90 Å². The highest BCUT2D eigenvalue weighted by Crippen LogP contribution is 2.37. The van der Waals surface area contributed by atoms with Crippen LogP contribution in [0, 0.1) is 5.92 Å². The zero-order chi connectivity index (χ0) is 18.7. The minimum Gasteiger partial charge on any atom is -0.611 e. The molecule has 0 spiro atoms. The number of aromatic nitrogens is 3. The van der Waals surface area contributed by atoms with Gasteiger partial charge < -0.3 is 14.8 Å². The summed E-state index contributed by atoms with van der Waals surface area (Å²) >= 11 is -1.13. The summed E-state index contributed by atoms with van der Waals surface area (Å²) in [7, 11) is 1.83. The van der Waals surface area contributed by atoms with Crippen LogP contribution in [0.15, 0.2) is 41.8 Å². The van der Waals surface area contributed by atoms with E-state index in [1.807, 2.05) is 32.0 Å². The first-order valence-electron chi connectivity index (χ1n) is 8.74. The molecule has 1 N–H and O–H groups in total. The van der Waals surface area contributed by atoms with Gasteiger partial charge in [-0.15, -0.1) is 0 Å². The lowest BCUT2D eigenvalue weighted by atomic mass is 9.86. The van der Waals surface area contributed by atoms with E-state index in [4.69, 9.17) is 0 Å². The maximum Gasteiger partial charge on any atom is 0.321 e. The van der Waals surface area contributed by atoms with Crippen molar-refractivity contribution in [2.24, 2.45) is 13.0 Å². The van der Waals surface area contributed by atoms with Crippen molar-refractivity contribution in [3.63, 3.8) is 0 Å². The third-order valence-corrected chi connectivity index (χ3v) is 7.00. The number of aryl methyl sites for hydroxylation is 1. The van der Waals surface area contributed by atoms with Crippen LogP contribution < -0.4 is 5.32 Å². The van der Waals surface area contributed by atoms with Crippen LogP contribution in [-0.4, -0.2) is 48.1 Å². The van der Waals surface area contributed by atoms with Gasteiger partial charge in [0.05, 0.1) is 6.20 Å². The number of nitrogens with zero attached hydrogens (tertiary/aromatic N) is 4. The molecule has 1 aliphatic rings. The molecule has 7 nitrogen and oxygen atoms in total. The topological polar surface area (TPSA) is 86.1 Å². The summed E-state index contributed by atoms with van der Waals surface area (Å²) in [6.45, 7) is 5.42. The summed E-state index contributed by atoms with van der Waals surface area (Å²) in [4.78, 5) is 18.9. The fraction of sp³-hybridized carbons (Fsp3) is 0.500. The lowest BCUT2D eigenvalue weighted by Crippen LogP contribution is -2.48. The van der Waals surface area contributed by atoms with Gasteiger partial charge in [-0.2, -0.15) is 5.10 Å². The van der Waals surface area contributed by atoms with Crippen molar-refractivity contribution in [1.29, 1.82) is 0 Å². The molecule has 3 heterocycles. The van der Waals surface area contributed by atoms with Gasteiger partial charge in [0.2, 0.25) is 0 Å². The fourth-order valence-corrected chi connectivity index (χ4v) is 4.90. The van der Waals surface area contributed by atoms with Gasteiger partial charge in [0, 0.05) is 44.1 Å². The van der Waals surface area contributed by atoms with Crippen LogP contribution >= 0.6 is 0 Å². The van der Waals surface area contributed by atoms with Gasteiger partial charge in [-0.25, -0.2) is 4.79 Å². The van der Waals surface area contributed by atoms with E-state index in [1.165, 1.54) is 0 Å². The van der Waals surface area contributed by atoms with Gasteiger partial charge in [-0.3, -0.25) is 9.67 Å². The van der Waals surface area contributed by atoms with Crippen molar-refractivity contribution in [2.45, 2.75) is 36.3 Å². The first-order chi connectivity index (χ1) is 12.4. The number of carbonyl (C=O) groups excluding carboxylic acids is 1. The van der Waals surface area contributed by atoms with Gasteiger partial charge >= 0.3 is 6.03 Å². The number of carbonyl (C=O) groups is 1. The smallest absolute Gasteiger partial charge is 0.321 e. The predicted molar refractivity (Wildman–Crippen MR) is 101 cm³/mol. The Labute approximate surface area is 157 Å². The standard InChI is InChI=1S/C18H25N5O2S/c1-18(2,26(25)16-12-20-22(3)13-16)14-6-10-23(11-7-14)17(24)21-15-4-8-19-9-5-15/h4-5,8-9,12-14H,6-7,10-11H2,1-3H3,(H,19,21,24). The molecule has 8 heteroatoms. The highest BCUT2D eigenvalue weighted by atomic mass is 32.2. The first kappa shape index (κ1) is 18.7. The van der Waals surface area contributed by atoms with Crippen LogP contribution in [0.25, 0.3) is 0 Å². The van der Waals surface area contributed by atoms with Crippen LogP contribution in [0.4, 0.5) is 10.5 Å². The maximum atomic E-state index is 13.0. The number of hydrogen-bond donors (Lipinski definition) is 1. The molecule has 2 amide bonds. The molecule has 140 valence electrons. The third-order valence-electron chi connectivity index (χ3n) is 5.07. The van der Waals surface area contributed by atoms with Gasteiger partial charge in [-0.05, 0) is 50.0 Å². The molecular weight excluding hydrogens is 350 g/mol. The Hall–Kier alpha value is -2.06. The summed E-state index contributed by atoms with van der Waals surface area (Å²) in [6.07, 6.45) is 8.46. The lowest BCUT2D eigenvalue weighted by Gasteiger charge is -2.40. The van der Waals surface area contributed by atoms with E-state index in [-0.39, 0.29) is 16.7 Å². The molecule has 1 atom stereocenters. The third kappa shape index (κ3) is 4.02. The molecule has 0 aliphatic carbocycles. The van der Waals surface area contributed by atoms with E-state index >= 15 is 0 Å². The van der Waals surface area contributed by atoms with E-state index in [0.717, 1.165) is 23.4 Å². The summed E-state index contributed by atoms with van der Waals surface area (Å²) in [5.41, 5.74) is 0.741. The molecule has 3 rings (SSSR count). The van der Waals surface area contributed by atoms with Crippen molar-refractivity contribution in [3.8, 4) is 0 Å². The molecule has 1 saturated heterocycles. The quantitative estimate of drug-likeness (QED) is 0.833. The van der Waals surface area contributed by atoms with E-state index < -0.39 is 11.2 Å². The molecule has 1 unspecified atom stereocenters. The summed E-state index contributed by atoms with van der Waals surface area (Å²) in [6, 6.07) is 3.44. The number of rotatable bonds is 4. The van der Waals surface area contributed by atoms with E-state index in [0.29, 0.717) is 13.1 Å². The first-order valence-corrected chi connectivity index (χ1v) is 9.89. The predicted octanol–water partition coefficient (Wildman–Crippen LogP) is 2.65. The van der Waals surface area contributed by atoms with Crippen molar-refractivity contribution in [1.82, 2.24) is 19.7 Å². The monoisotopic (exact) mass is 375 g/mol. The average Bonchev–Trinajstić information content (AvgIpc) is 3.08. The van der Waals surface area contributed by atoms with Gasteiger partial charge in [0.1, 0.15) is 10.9 Å². The van der Waals surface area contributed by atoms with Crippen LogP contribution in [0.5, 0.6) is 0 Å². The van der Waals surface area contributed by atoms with Crippen molar-refractivity contribution < 1.29 is 9.35 Å². The van der Waals surface area contributed by atoms with E-state index in [2.05, 4.69) is 15.4 Å². The molecular formula is C18H25N5O2S. The Morgan fingerprint density at radius 1 is 1.31 bits per heavy atom. The van der Waals surface area contributed by atoms with Crippen LogP contribution in [0.3, 0.4) is 0 Å². The Morgan fingerprint density at radius 3 is 2.54 bits per heavy atom. The number of nitrogens with one attached hydrogen (secondary N) is 1. The Balaban J connectivity index is 1.58. The summed E-state index contributed by atoms with van der Waals surface area (Å²) in [5.74, 6) is 0.286. The second-order valence-electron chi connectivity index (χ2n) is 7.15. The SMILES string of the molecule is Cn1cc([S+]([O-])C(C)(C)C2CCN(C(=O)Nc3ccncc3)CC2)cn1. The Bertz CT molecular complexity index is 741. The molecule has 1 fully saturated rings. The number of piperidine rings is 1. The van der Waals surface area contributed by atoms with Crippen molar-refractivity contribution in [2.75, 3.05) is 18.4 Å². The summed E-state index contributed by atoms with van der Waals surface area (Å²) < 4.78 is 14.3. The minimum absolute atomic E-state index is 0.0964. The number of pyridine rings is 1. The Morgan fingerprint density at radius 2 is 1.96 bits per heavy atom. The number of urea groups is 1. The number of likely N-dealkylation sites (tertiary alicyclic amines) is 1. The molecule has 0 saturated carbocycles. The molecule has 0 bridgehead atoms. The number of amides is 2. The molecule has 1 aliphatic heterocycles. The van der Waals surface area contributed by atoms with Gasteiger partial charge in [0.25, 0.3) is 0 Å². The summed E-state index contributed by atoms with van der Waals surface area (Å²) in [5, 5.41) is 7.02. The van der Waals surface area contributed by atoms with E-state index in [9.17, 15) is 9.35 Å². The highest BCUT2D eigenvalue weighted by molar-refractivity contribution is 7.92. The van der Waals surface area contributed by atoms with Crippen LogP contribution in [0.2, 0.25) is 0 Å². The number of anilines is 1. The van der Waals surface area contributed by atoms with E-state index in [1.54, 1.807) is 35.4 Å². The molecule has 26 heavy (non-hydrogen) atoms. The average molecular weight is 375 g/mol. The Kier molecular flexibility index (Phi) is 5.52. The fourth-order valence-electron chi connectivity index (χ4n) is 3.37. The zero-order valence-corrected chi connectivity index (χ0v) is 16.2. The van der Waals surface area contributed by atoms with Gasteiger partial charge in [-0.1, -0.05) is 0 Å². The molecule has 0 aromatic carbocycles. The normalized spacial score (nSPS) is 17.2. The van der Waals surface area contributed by atoms with Crippen LogP contribution in [0.1, 0.15) is 26.7 Å². The largest absolute Gasteiger partial charge is 0.611 e. The maximum absolute atomic E-state index is 13.0. The van der Waals surface area contributed by atoms with Crippen molar-refractivity contribution in [3.05, 3.63) is 36.9 Å². The minimum atomic E-state index is -1.13. The van der Waals surface area contributed by atoms with Crippen molar-refractivity contribution >= 4 is 22.9 Å². The highest BCUT2D eigenvalue weighted by Gasteiger charge is 2.43.